The van der Waals surface area contributed by atoms with E-state index in [1.54, 1.807) is 13.0 Å². The number of hydrogen-bond donors (Lipinski definition) is 2. The largest absolute Gasteiger partial charge is 0.363 e. The quantitative estimate of drug-likeness (QED) is 0.802. The van der Waals surface area contributed by atoms with Gasteiger partial charge >= 0.3 is 0 Å². The average Bonchev–Trinajstić information content (AvgIpc) is 2.69. The minimum atomic E-state index is -0.109. The number of rotatable bonds is 5. The van der Waals surface area contributed by atoms with Crippen molar-refractivity contribution in [3.63, 3.8) is 0 Å². The number of benzene rings is 1. The molecule has 6 nitrogen and oxygen atoms in total. The van der Waals surface area contributed by atoms with Crippen molar-refractivity contribution < 1.29 is 9.59 Å². The van der Waals surface area contributed by atoms with Crippen molar-refractivity contribution in [3.8, 4) is 0 Å². The summed E-state index contributed by atoms with van der Waals surface area (Å²) in [6.07, 6.45) is 0.845. The lowest BCUT2D eigenvalue weighted by Gasteiger charge is -2.45. The summed E-state index contributed by atoms with van der Waals surface area (Å²) in [7, 11) is 0. The molecule has 3 atom stereocenters. The van der Waals surface area contributed by atoms with Crippen LogP contribution >= 0.6 is 0 Å². The van der Waals surface area contributed by atoms with E-state index in [4.69, 9.17) is 0 Å². The summed E-state index contributed by atoms with van der Waals surface area (Å²) >= 11 is 0. The van der Waals surface area contributed by atoms with Gasteiger partial charge < -0.3 is 15.5 Å². The Balaban J connectivity index is 2.11. The first-order chi connectivity index (χ1) is 13.9. The van der Waals surface area contributed by atoms with E-state index in [1.165, 1.54) is 0 Å². The standard InChI is InChI=1S/C23H30N4O2/c1-6-19-15(4)22(26-21-10-8-9-14(3)25-21)18-13-17(23(29)24-7-2)11-12-20(18)27(19)16(5)28/h8-13,15,19,22H,6-7H2,1-5H3,(H,24,29)(H,25,26)/t15-,19-,22+/m0/s1. The van der Waals surface area contributed by atoms with Gasteiger partial charge in [-0.2, -0.15) is 0 Å². The summed E-state index contributed by atoms with van der Waals surface area (Å²) in [5.74, 6) is 0.843. The lowest BCUT2D eigenvalue weighted by molar-refractivity contribution is -0.117. The molecule has 2 N–H and O–H groups in total. The van der Waals surface area contributed by atoms with E-state index in [1.807, 2.05) is 49.1 Å². The lowest BCUT2D eigenvalue weighted by atomic mass is 9.80. The molecule has 3 rings (SSSR count). The van der Waals surface area contributed by atoms with Crippen LogP contribution in [0.2, 0.25) is 0 Å². The summed E-state index contributed by atoms with van der Waals surface area (Å²) in [6.45, 7) is 10.3. The molecule has 2 amide bonds. The van der Waals surface area contributed by atoms with Gasteiger partial charge in [-0.3, -0.25) is 9.59 Å². The summed E-state index contributed by atoms with van der Waals surface area (Å²) < 4.78 is 0. The normalized spacial score (nSPS) is 20.7. The van der Waals surface area contributed by atoms with Gasteiger partial charge in [0.1, 0.15) is 5.82 Å². The zero-order valence-electron chi connectivity index (χ0n) is 17.8. The SMILES string of the molecule is CCNC(=O)c1ccc2c(c1)[C@H](Nc1cccc(C)n1)[C@@H](C)[C@H](CC)N2C(C)=O. The molecule has 29 heavy (non-hydrogen) atoms. The maximum Gasteiger partial charge on any atom is 0.251 e. The molecule has 2 heterocycles. The molecule has 1 aliphatic rings. The fourth-order valence-electron chi connectivity index (χ4n) is 4.30. The van der Waals surface area contributed by atoms with Crippen LogP contribution in [0.3, 0.4) is 0 Å². The van der Waals surface area contributed by atoms with Gasteiger partial charge in [0.25, 0.3) is 5.91 Å². The molecule has 6 heteroatoms. The van der Waals surface area contributed by atoms with Gasteiger partial charge in [0.15, 0.2) is 0 Å². The van der Waals surface area contributed by atoms with E-state index in [9.17, 15) is 9.59 Å². The highest BCUT2D eigenvalue weighted by atomic mass is 16.2. The fourth-order valence-corrected chi connectivity index (χ4v) is 4.30. The minimum absolute atomic E-state index is 0.0165. The van der Waals surface area contributed by atoms with Crippen molar-refractivity contribution >= 4 is 23.3 Å². The number of nitrogens with zero attached hydrogens (tertiary/aromatic N) is 2. The van der Waals surface area contributed by atoms with Crippen LogP contribution in [0.25, 0.3) is 0 Å². The van der Waals surface area contributed by atoms with Gasteiger partial charge in [-0.05, 0) is 56.2 Å². The third-order valence-corrected chi connectivity index (χ3v) is 5.64. The lowest BCUT2D eigenvalue weighted by Crippen LogP contribution is -2.49. The van der Waals surface area contributed by atoms with Crippen molar-refractivity contribution in [1.82, 2.24) is 10.3 Å². The number of aryl methyl sites for hydroxylation is 1. The molecule has 0 aliphatic carbocycles. The van der Waals surface area contributed by atoms with Crippen molar-refractivity contribution in [2.75, 3.05) is 16.8 Å². The van der Waals surface area contributed by atoms with E-state index < -0.39 is 0 Å². The summed E-state index contributed by atoms with van der Waals surface area (Å²) in [4.78, 5) is 31.4. The smallest absolute Gasteiger partial charge is 0.251 e. The first-order valence-corrected chi connectivity index (χ1v) is 10.3. The molecule has 1 aromatic carbocycles. The Kier molecular flexibility index (Phi) is 6.20. The first kappa shape index (κ1) is 20.8. The molecule has 154 valence electrons. The van der Waals surface area contributed by atoms with Crippen LogP contribution in [0.15, 0.2) is 36.4 Å². The average molecular weight is 395 g/mol. The molecule has 0 saturated heterocycles. The minimum Gasteiger partial charge on any atom is -0.363 e. The van der Waals surface area contributed by atoms with Crippen molar-refractivity contribution in [1.29, 1.82) is 0 Å². The molecule has 0 saturated carbocycles. The van der Waals surface area contributed by atoms with Crippen LogP contribution in [-0.4, -0.2) is 29.4 Å². The maximum atomic E-state index is 12.5. The third kappa shape index (κ3) is 4.11. The number of carbonyl (C=O) groups excluding carboxylic acids is 2. The van der Waals surface area contributed by atoms with Crippen LogP contribution < -0.4 is 15.5 Å². The second-order valence-corrected chi connectivity index (χ2v) is 7.64. The van der Waals surface area contributed by atoms with E-state index >= 15 is 0 Å². The Morgan fingerprint density at radius 1 is 1.17 bits per heavy atom. The second kappa shape index (κ2) is 8.64. The zero-order valence-corrected chi connectivity index (χ0v) is 17.8. The van der Waals surface area contributed by atoms with Gasteiger partial charge in [0, 0.05) is 42.4 Å². The molecule has 0 fully saturated rings. The molecule has 0 unspecified atom stereocenters. The van der Waals surface area contributed by atoms with Crippen molar-refractivity contribution in [3.05, 3.63) is 53.2 Å². The van der Waals surface area contributed by atoms with Crippen LogP contribution in [0.4, 0.5) is 11.5 Å². The molecular formula is C23H30N4O2. The fraction of sp³-hybridized carbons (Fsp3) is 0.435. The molecule has 0 spiro atoms. The monoisotopic (exact) mass is 394 g/mol. The van der Waals surface area contributed by atoms with Crippen LogP contribution in [0, 0.1) is 12.8 Å². The summed E-state index contributed by atoms with van der Waals surface area (Å²) in [5, 5.41) is 6.42. The summed E-state index contributed by atoms with van der Waals surface area (Å²) in [6, 6.07) is 11.5. The number of fused-ring (bicyclic) bond motifs is 1. The van der Waals surface area contributed by atoms with E-state index in [-0.39, 0.29) is 29.8 Å². The third-order valence-electron chi connectivity index (χ3n) is 5.64. The van der Waals surface area contributed by atoms with Crippen molar-refractivity contribution in [2.24, 2.45) is 5.92 Å². The Labute approximate surface area is 172 Å². The van der Waals surface area contributed by atoms with E-state index in [2.05, 4.69) is 29.5 Å². The number of amides is 2. The van der Waals surface area contributed by atoms with Crippen molar-refractivity contribution in [2.45, 2.75) is 53.1 Å². The molecule has 0 bridgehead atoms. The Bertz CT molecular complexity index is 912. The number of hydrogen-bond acceptors (Lipinski definition) is 4. The van der Waals surface area contributed by atoms with E-state index in [0.29, 0.717) is 12.1 Å². The van der Waals surface area contributed by atoms with Crippen LogP contribution in [-0.2, 0) is 4.79 Å². The number of carbonyl (C=O) groups is 2. The highest BCUT2D eigenvalue weighted by Crippen LogP contribution is 2.43. The van der Waals surface area contributed by atoms with Crippen LogP contribution in [0.1, 0.15) is 61.8 Å². The predicted octanol–water partition coefficient (Wildman–Crippen LogP) is 4.07. The van der Waals surface area contributed by atoms with Gasteiger partial charge in [-0.25, -0.2) is 4.98 Å². The zero-order chi connectivity index (χ0) is 21.1. The van der Waals surface area contributed by atoms with Gasteiger partial charge in [-0.15, -0.1) is 0 Å². The first-order valence-electron chi connectivity index (χ1n) is 10.3. The molecular weight excluding hydrogens is 364 g/mol. The Hall–Kier alpha value is -2.89. The number of pyridine rings is 1. The Morgan fingerprint density at radius 2 is 1.93 bits per heavy atom. The summed E-state index contributed by atoms with van der Waals surface area (Å²) in [5.41, 5.74) is 3.34. The van der Waals surface area contributed by atoms with E-state index in [0.717, 1.165) is 29.2 Å². The molecule has 1 aliphatic heterocycles. The van der Waals surface area contributed by atoms with Gasteiger partial charge in [0.2, 0.25) is 5.91 Å². The van der Waals surface area contributed by atoms with Crippen LogP contribution in [0.5, 0.6) is 0 Å². The maximum absolute atomic E-state index is 12.5. The van der Waals surface area contributed by atoms with Gasteiger partial charge in [0.05, 0.1) is 6.04 Å². The topological polar surface area (TPSA) is 74.3 Å². The molecule has 2 aromatic rings. The molecule has 0 radical (unpaired) electrons. The number of aromatic nitrogens is 1. The Morgan fingerprint density at radius 3 is 2.55 bits per heavy atom. The predicted molar refractivity (Wildman–Crippen MR) is 116 cm³/mol. The number of nitrogens with one attached hydrogen (secondary N) is 2. The molecule has 1 aromatic heterocycles. The number of anilines is 2. The van der Waals surface area contributed by atoms with Gasteiger partial charge in [-0.1, -0.05) is 19.9 Å². The second-order valence-electron chi connectivity index (χ2n) is 7.64. The highest BCUT2D eigenvalue weighted by Gasteiger charge is 2.40. The highest BCUT2D eigenvalue weighted by molar-refractivity contribution is 5.98.